The predicted octanol–water partition coefficient (Wildman–Crippen LogP) is 5.80. The fraction of sp³-hybridized carbons (Fsp3) is 0.467. The molecule has 3 N–H and O–H groups in total. The van der Waals surface area contributed by atoms with Gasteiger partial charge in [0.05, 0.1) is 41.0 Å². The molecule has 0 bridgehead atoms. The molecule has 212 valence electrons. The number of rotatable bonds is 9. The van der Waals surface area contributed by atoms with Gasteiger partial charge in [0, 0.05) is 16.6 Å². The Morgan fingerprint density at radius 1 is 1.05 bits per heavy atom. The highest BCUT2D eigenvalue weighted by Crippen LogP contribution is 2.40. The molecule has 0 aliphatic heterocycles. The van der Waals surface area contributed by atoms with Gasteiger partial charge in [0.1, 0.15) is 17.6 Å². The number of ether oxygens (including phenoxy) is 2. The van der Waals surface area contributed by atoms with Crippen LogP contribution in [-0.4, -0.2) is 41.6 Å². The number of nitriles is 1. The molecule has 4 rings (SSSR count). The van der Waals surface area contributed by atoms with Gasteiger partial charge in [-0.1, -0.05) is 11.6 Å². The van der Waals surface area contributed by atoms with Crippen molar-refractivity contribution in [2.75, 3.05) is 12.4 Å². The average molecular weight is 568 g/mol. The Bertz CT molecular complexity index is 1370. The lowest BCUT2D eigenvalue weighted by atomic mass is 9.75. The Kier molecular flexibility index (Phi) is 8.31. The lowest BCUT2D eigenvalue weighted by Crippen LogP contribution is -2.45. The minimum atomic E-state index is -0.836. The lowest BCUT2D eigenvalue weighted by molar-refractivity contribution is -0.150. The van der Waals surface area contributed by atoms with E-state index < -0.39 is 17.3 Å². The minimum Gasteiger partial charge on any atom is -0.496 e. The summed E-state index contributed by atoms with van der Waals surface area (Å²) in [5.74, 6) is -0.974. The average Bonchev–Trinajstić information content (AvgIpc) is 3.76. The number of carboxylic acid groups (broad SMARTS) is 1. The highest BCUT2D eigenvalue weighted by molar-refractivity contribution is 6.31. The summed E-state index contributed by atoms with van der Waals surface area (Å²) >= 11 is 6.22. The van der Waals surface area contributed by atoms with E-state index in [0.29, 0.717) is 36.6 Å². The summed E-state index contributed by atoms with van der Waals surface area (Å²) in [7, 11) is 1.39. The number of carboxylic acids is 1. The Hall–Kier alpha value is -3.77. The van der Waals surface area contributed by atoms with E-state index in [1.165, 1.54) is 25.3 Å². The van der Waals surface area contributed by atoms with Crippen LogP contribution in [0.15, 0.2) is 30.3 Å². The van der Waals surface area contributed by atoms with E-state index in [9.17, 15) is 24.8 Å². The second-order valence-corrected chi connectivity index (χ2v) is 11.9. The van der Waals surface area contributed by atoms with Gasteiger partial charge in [-0.05, 0) is 89.5 Å². The fourth-order valence-corrected chi connectivity index (χ4v) is 5.28. The maximum Gasteiger partial charge on any atom is 0.309 e. The molecule has 9 nitrogen and oxygen atoms in total. The van der Waals surface area contributed by atoms with Crippen LogP contribution in [0, 0.1) is 22.7 Å². The molecular formula is C30H34ClN3O6. The quantitative estimate of drug-likeness (QED) is 0.348. The first-order chi connectivity index (χ1) is 18.9. The van der Waals surface area contributed by atoms with Crippen LogP contribution < -0.4 is 20.1 Å². The molecular weight excluding hydrogens is 534 g/mol. The molecule has 2 aliphatic rings. The van der Waals surface area contributed by atoms with Gasteiger partial charge in [0.15, 0.2) is 0 Å². The van der Waals surface area contributed by atoms with E-state index >= 15 is 0 Å². The summed E-state index contributed by atoms with van der Waals surface area (Å²) in [6.07, 6.45) is 3.69. The normalized spacial score (nSPS) is 20.6. The third-order valence-corrected chi connectivity index (χ3v) is 8.26. The number of benzene rings is 2. The van der Waals surface area contributed by atoms with Crippen LogP contribution in [0.5, 0.6) is 11.5 Å². The maximum absolute atomic E-state index is 13.5. The van der Waals surface area contributed by atoms with Crippen LogP contribution in [0.25, 0.3) is 0 Å². The monoisotopic (exact) mass is 567 g/mol. The summed E-state index contributed by atoms with van der Waals surface area (Å²) in [6, 6.07) is 9.61. The number of hydrogen-bond donors (Lipinski definition) is 3. The van der Waals surface area contributed by atoms with Gasteiger partial charge < -0.3 is 25.2 Å². The van der Waals surface area contributed by atoms with Gasteiger partial charge in [-0.3, -0.25) is 14.4 Å². The molecule has 2 amide bonds. The van der Waals surface area contributed by atoms with E-state index in [-0.39, 0.29) is 51.4 Å². The number of nitrogens with zero attached hydrogens (tertiary/aromatic N) is 1. The Labute approximate surface area is 238 Å². The molecule has 0 unspecified atom stereocenters. The summed E-state index contributed by atoms with van der Waals surface area (Å²) in [5.41, 5.74) is -0.411. The Morgan fingerprint density at radius 2 is 1.73 bits per heavy atom. The maximum atomic E-state index is 13.5. The molecule has 0 spiro atoms. The zero-order chi connectivity index (χ0) is 29.2. The first-order valence-corrected chi connectivity index (χ1v) is 13.7. The van der Waals surface area contributed by atoms with Crippen LogP contribution in [0.2, 0.25) is 5.02 Å². The summed E-state index contributed by atoms with van der Waals surface area (Å²) in [4.78, 5) is 38.3. The molecule has 2 fully saturated rings. The van der Waals surface area contributed by atoms with Crippen molar-refractivity contribution in [2.45, 2.75) is 70.9 Å². The summed E-state index contributed by atoms with van der Waals surface area (Å²) in [5, 5.41) is 25.4. The summed E-state index contributed by atoms with van der Waals surface area (Å²) < 4.78 is 11.5. The van der Waals surface area contributed by atoms with Gasteiger partial charge in [0.25, 0.3) is 11.8 Å². The number of methoxy groups -OCH3 is 1. The first kappa shape index (κ1) is 29.2. The number of amides is 2. The standard InChI is InChI=1S/C30H34ClN3O6/c1-29(2,18-5-6-18)34-27(36)21-8-7-19(31)14-23(21)33-26(35)22-15-24(17(16-32)13-25(22)39-4)40-20-9-11-30(3,12-10-20)28(37)38/h7-8,13-15,18,20H,5-6,9-12H2,1-4H3,(H,33,35)(H,34,36)(H,37,38). The number of nitrogens with one attached hydrogen (secondary N) is 2. The number of halogens is 1. The van der Waals surface area contributed by atoms with Gasteiger partial charge in [-0.15, -0.1) is 0 Å². The lowest BCUT2D eigenvalue weighted by Gasteiger charge is -2.34. The number of carbonyl (C=O) groups excluding carboxylic acids is 2. The van der Waals surface area contributed by atoms with Gasteiger partial charge >= 0.3 is 5.97 Å². The van der Waals surface area contributed by atoms with E-state index in [1.54, 1.807) is 19.1 Å². The molecule has 0 saturated heterocycles. The highest BCUT2D eigenvalue weighted by atomic mass is 35.5. The van der Waals surface area contributed by atoms with Crippen LogP contribution in [0.1, 0.15) is 85.6 Å². The Balaban J connectivity index is 1.58. The van der Waals surface area contributed by atoms with E-state index in [1.807, 2.05) is 13.8 Å². The number of aliphatic carboxylic acids is 1. The van der Waals surface area contributed by atoms with Crippen molar-refractivity contribution >= 4 is 35.1 Å². The molecule has 2 saturated carbocycles. The molecule has 0 atom stereocenters. The number of carbonyl (C=O) groups is 3. The van der Waals surface area contributed by atoms with Crippen LogP contribution >= 0.6 is 11.6 Å². The van der Waals surface area contributed by atoms with Gasteiger partial charge in [0.2, 0.25) is 0 Å². The first-order valence-electron chi connectivity index (χ1n) is 13.3. The molecule has 2 aliphatic carbocycles. The molecule has 40 heavy (non-hydrogen) atoms. The van der Waals surface area contributed by atoms with Crippen molar-refractivity contribution in [3.8, 4) is 17.6 Å². The van der Waals surface area contributed by atoms with E-state index in [2.05, 4.69) is 16.7 Å². The second kappa shape index (κ2) is 11.4. The SMILES string of the molecule is COc1cc(C#N)c(OC2CCC(C)(C(=O)O)CC2)cc1C(=O)Nc1cc(Cl)ccc1C(=O)NC(C)(C)C1CC1. The fourth-order valence-electron chi connectivity index (χ4n) is 5.11. The molecule has 0 heterocycles. The van der Waals surface area contributed by atoms with Crippen LogP contribution in [0.4, 0.5) is 5.69 Å². The zero-order valence-electron chi connectivity index (χ0n) is 23.1. The smallest absolute Gasteiger partial charge is 0.309 e. The molecule has 2 aromatic carbocycles. The molecule has 0 aromatic heterocycles. The van der Waals surface area contributed by atoms with Crippen molar-refractivity contribution in [3.05, 3.63) is 52.0 Å². The largest absolute Gasteiger partial charge is 0.496 e. The van der Waals surface area contributed by atoms with Crippen molar-refractivity contribution in [1.82, 2.24) is 5.32 Å². The Morgan fingerprint density at radius 3 is 2.30 bits per heavy atom. The second-order valence-electron chi connectivity index (χ2n) is 11.4. The predicted molar refractivity (Wildman–Crippen MR) is 150 cm³/mol. The van der Waals surface area contributed by atoms with E-state index in [4.69, 9.17) is 21.1 Å². The zero-order valence-corrected chi connectivity index (χ0v) is 23.9. The van der Waals surface area contributed by atoms with Crippen LogP contribution in [0.3, 0.4) is 0 Å². The van der Waals surface area contributed by atoms with Crippen molar-refractivity contribution in [2.24, 2.45) is 11.3 Å². The van der Waals surface area contributed by atoms with E-state index in [0.717, 1.165) is 12.8 Å². The highest BCUT2D eigenvalue weighted by Gasteiger charge is 2.40. The van der Waals surface area contributed by atoms with Crippen LogP contribution in [-0.2, 0) is 4.79 Å². The molecule has 2 aromatic rings. The van der Waals surface area contributed by atoms with Gasteiger partial charge in [-0.25, -0.2) is 0 Å². The summed E-state index contributed by atoms with van der Waals surface area (Å²) in [6.45, 7) is 5.68. The van der Waals surface area contributed by atoms with Crippen molar-refractivity contribution < 1.29 is 29.0 Å². The topological polar surface area (TPSA) is 138 Å². The third kappa shape index (κ3) is 6.34. The number of hydrogen-bond acceptors (Lipinski definition) is 6. The third-order valence-electron chi connectivity index (χ3n) is 8.02. The molecule has 0 radical (unpaired) electrons. The van der Waals surface area contributed by atoms with Crippen molar-refractivity contribution in [1.29, 1.82) is 5.26 Å². The number of anilines is 1. The minimum absolute atomic E-state index is 0.104. The van der Waals surface area contributed by atoms with Gasteiger partial charge in [-0.2, -0.15) is 5.26 Å². The molecule has 10 heteroatoms. The van der Waals surface area contributed by atoms with Crippen molar-refractivity contribution in [3.63, 3.8) is 0 Å².